The molecular weight excluding hydrogens is 532 g/mol. The number of hydrogen-bond donors (Lipinski definition) is 0. The van der Waals surface area contributed by atoms with Crippen molar-refractivity contribution in [3.05, 3.63) is 111 Å². The number of hydrogen-bond acceptors (Lipinski definition) is 7. The van der Waals surface area contributed by atoms with Gasteiger partial charge in [-0.2, -0.15) is 5.10 Å². The van der Waals surface area contributed by atoms with Crippen LogP contribution < -0.4 is 4.74 Å². The van der Waals surface area contributed by atoms with Crippen molar-refractivity contribution in [1.82, 2.24) is 14.7 Å². The summed E-state index contributed by atoms with van der Waals surface area (Å²) in [6.45, 7) is 4.04. The van der Waals surface area contributed by atoms with E-state index in [1.807, 2.05) is 67.6 Å². The molecule has 1 unspecified atom stereocenters. The predicted octanol–water partition coefficient (Wildman–Crippen LogP) is 6.81. The molecule has 5 rings (SSSR count). The largest absolute Gasteiger partial charge is 0.487 e. The van der Waals surface area contributed by atoms with Crippen LogP contribution >= 0.6 is 24.0 Å². The topological polar surface area (TPSA) is 90.5 Å². The molecule has 1 aliphatic heterocycles. The van der Waals surface area contributed by atoms with Crippen LogP contribution in [0.15, 0.2) is 89.8 Å². The molecule has 0 spiro atoms. The summed E-state index contributed by atoms with van der Waals surface area (Å²) in [6, 6.07) is 25.6. The summed E-state index contributed by atoms with van der Waals surface area (Å²) in [5.74, 6) is 0.0191. The number of nitro groups is 1. The van der Waals surface area contributed by atoms with Crippen molar-refractivity contribution in [2.45, 2.75) is 19.9 Å². The van der Waals surface area contributed by atoms with Gasteiger partial charge in [-0.3, -0.25) is 19.8 Å². The van der Waals surface area contributed by atoms with Crippen molar-refractivity contribution in [2.24, 2.45) is 0 Å². The average Bonchev–Trinajstić information content (AvgIpc) is 3.49. The summed E-state index contributed by atoms with van der Waals surface area (Å²) in [6.07, 6.45) is 1.77. The Morgan fingerprint density at radius 3 is 2.44 bits per heavy atom. The van der Waals surface area contributed by atoms with E-state index in [0.29, 0.717) is 32.8 Å². The molecule has 8 nitrogen and oxygen atoms in total. The van der Waals surface area contributed by atoms with Crippen molar-refractivity contribution in [2.75, 3.05) is 6.61 Å². The average molecular weight is 557 g/mol. The van der Waals surface area contributed by atoms with E-state index in [-0.39, 0.29) is 23.4 Å². The molecule has 3 aromatic carbocycles. The first-order valence-electron chi connectivity index (χ1n) is 12.3. The Bertz CT molecular complexity index is 1590. The first kappa shape index (κ1) is 26.3. The van der Waals surface area contributed by atoms with Crippen LogP contribution in [0.3, 0.4) is 0 Å². The Labute approximate surface area is 235 Å². The molecule has 1 aliphatic rings. The minimum absolute atomic E-state index is 0.138. The molecule has 0 N–H and O–H groups in total. The molecule has 2 heterocycles. The zero-order valence-corrected chi connectivity index (χ0v) is 22.8. The third kappa shape index (κ3) is 5.34. The fourth-order valence-electron chi connectivity index (χ4n) is 4.34. The van der Waals surface area contributed by atoms with Crippen LogP contribution in [0.25, 0.3) is 23.0 Å². The van der Waals surface area contributed by atoms with E-state index in [1.165, 1.54) is 17.8 Å². The van der Waals surface area contributed by atoms with E-state index in [0.717, 1.165) is 11.3 Å². The van der Waals surface area contributed by atoms with Crippen LogP contribution in [0.5, 0.6) is 5.75 Å². The Morgan fingerprint density at radius 2 is 1.77 bits per heavy atom. The Hall–Kier alpha value is -4.28. The van der Waals surface area contributed by atoms with Gasteiger partial charge in [-0.1, -0.05) is 72.5 Å². The summed E-state index contributed by atoms with van der Waals surface area (Å²) >= 11 is 6.84. The van der Waals surface area contributed by atoms with Crippen molar-refractivity contribution < 1.29 is 14.5 Å². The lowest BCUT2D eigenvalue weighted by atomic mass is 10.1. The molecule has 1 fully saturated rings. The highest BCUT2D eigenvalue weighted by atomic mass is 32.2. The maximum absolute atomic E-state index is 13.5. The number of ether oxygens (including phenoxy) is 1. The van der Waals surface area contributed by atoms with Gasteiger partial charge in [0, 0.05) is 11.6 Å². The van der Waals surface area contributed by atoms with Crippen LogP contribution in [-0.4, -0.2) is 36.4 Å². The molecule has 39 heavy (non-hydrogen) atoms. The minimum atomic E-state index is -0.469. The summed E-state index contributed by atoms with van der Waals surface area (Å²) in [5.41, 5.74) is 3.35. The molecular formula is C29H24N4O4S2. The predicted molar refractivity (Wildman–Crippen MR) is 157 cm³/mol. The van der Waals surface area contributed by atoms with Gasteiger partial charge >= 0.3 is 5.69 Å². The van der Waals surface area contributed by atoms with Crippen molar-refractivity contribution in [1.29, 1.82) is 0 Å². The quantitative estimate of drug-likeness (QED) is 0.102. The first-order chi connectivity index (χ1) is 18.9. The molecule has 4 aromatic rings. The van der Waals surface area contributed by atoms with Gasteiger partial charge in [-0.05, 0) is 55.8 Å². The lowest BCUT2D eigenvalue weighted by Gasteiger charge is -2.23. The van der Waals surface area contributed by atoms with E-state index in [4.69, 9.17) is 22.1 Å². The zero-order valence-electron chi connectivity index (χ0n) is 21.2. The van der Waals surface area contributed by atoms with Crippen LogP contribution in [-0.2, 0) is 4.79 Å². The second-order valence-electron chi connectivity index (χ2n) is 8.71. The minimum Gasteiger partial charge on any atom is -0.487 e. The van der Waals surface area contributed by atoms with E-state index < -0.39 is 4.92 Å². The molecule has 0 radical (unpaired) electrons. The van der Waals surface area contributed by atoms with Gasteiger partial charge in [0.15, 0.2) is 5.75 Å². The van der Waals surface area contributed by atoms with E-state index in [2.05, 4.69) is 0 Å². The number of nitro benzene ring substituents is 1. The Kier molecular flexibility index (Phi) is 7.58. The molecule has 1 amide bonds. The van der Waals surface area contributed by atoms with Gasteiger partial charge in [0.25, 0.3) is 5.91 Å². The summed E-state index contributed by atoms with van der Waals surface area (Å²) in [7, 11) is 0. The third-order valence-electron chi connectivity index (χ3n) is 6.26. The monoisotopic (exact) mass is 556 g/mol. The maximum Gasteiger partial charge on any atom is 0.311 e. The number of aromatic nitrogens is 2. The Balaban J connectivity index is 1.56. The number of nitrogens with zero attached hydrogens (tertiary/aromatic N) is 4. The zero-order chi connectivity index (χ0) is 27.5. The standard InChI is InChI=1S/C29H24N4O4S2/c1-3-37-26-15-14-21(16-25(26)33(35)36)24-17-23(32(30-24)22-12-8-5-9-13-22)18-27-28(34)31(29(38)39-27)19(2)20-10-6-4-7-11-20/h4-19H,3H2,1-2H3. The number of carbonyl (C=O) groups is 1. The number of benzene rings is 3. The number of thiocarbonyl (C=S) groups is 1. The Morgan fingerprint density at radius 1 is 1.08 bits per heavy atom. The van der Waals surface area contributed by atoms with Gasteiger partial charge in [-0.25, -0.2) is 4.68 Å². The van der Waals surface area contributed by atoms with E-state index in [9.17, 15) is 14.9 Å². The second kappa shape index (κ2) is 11.2. The van der Waals surface area contributed by atoms with Crippen molar-refractivity contribution in [3.8, 4) is 22.7 Å². The third-order valence-corrected chi connectivity index (χ3v) is 7.59. The smallest absolute Gasteiger partial charge is 0.311 e. The summed E-state index contributed by atoms with van der Waals surface area (Å²) in [5, 5.41) is 16.4. The molecule has 10 heteroatoms. The summed E-state index contributed by atoms with van der Waals surface area (Å²) in [4.78, 5) is 26.8. The van der Waals surface area contributed by atoms with Crippen LogP contribution in [0, 0.1) is 10.1 Å². The molecule has 0 saturated carbocycles. The van der Waals surface area contributed by atoms with Crippen LogP contribution in [0.2, 0.25) is 0 Å². The van der Waals surface area contributed by atoms with E-state index in [1.54, 1.807) is 40.8 Å². The number of thioether (sulfide) groups is 1. The fourth-order valence-corrected chi connectivity index (χ4v) is 5.74. The normalized spacial score (nSPS) is 15.1. The number of rotatable bonds is 8. The summed E-state index contributed by atoms with van der Waals surface area (Å²) < 4.78 is 7.62. The molecule has 0 bridgehead atoms. The highest BCUT2D eigenvalue weighted by molar-refractivity contribution is 8.26. The second-order valence-corrected chi connectivity index (χ2v) is 10.4. The van der Waals surface area contributed by atoms with Crippen molar-refractivity contribution >= 4 is 46.0 Å². The van der Waals surface area contributed by atoms with Gasteiger partial charge in [0.2, 0.25) is 0 Å². The highest BCUT2D eigenvalue weighted by Gasteiger charge is 2.36. The van der Waals surface area contributed by atoms with E-state index >= 15 is 0 Å². The van der Waals surface area contributed by atoms with Gasteiger partial charge in [0.1, 0.15) is 4.32 Å². The van der Waals surface area contributed by atoms with Crippen LogP contribution in [0.4, 0.5) is 5.69 Å². The molecule has 196 valence electrons. The molecule has 1 aromatic heterocycles. The highest BCUT2D eigenvalue weighted by Crippen LogP contribution is 2.39. The van der Waals surface area contributed by atoms with Gasteiger partial charge in [0.05, 0.1) is 39.6 Å². The lowest BCUT2D eigenvalue weighted by molar-refractivity contribution is -0.385. The molecule has 1 atom stereocenters. The van der Waals surface area contributed by atoms with Crippen LogP contribution in [0.1, 0.15) is 31.1 Å². The molecule has 1 saturated heterocycles. The van der Waals surface area contributed by atoms with Gasteiger partial charge in [-0.15, -0.1) is 0 Å². The number of para-hydroxylation sites is 1. The SMILES string of the molecule is CCOc1ccc(-c2cc(C=C3SC(=S)N(C(C)c4ccccc4)C3=O)n(-c3ccccc3)n2)cc1[N+](=O)[O-]. The number of amides is 1. The maximum atomic E-state index is 13.5. The first-order valence-corrected chi connectivity index (χ1v) is 13.5. The van der Waals surface area contributed by atoms with Gasteiger partial charge < -0.3 is 4.74 Å². The fraction of sp³-hybridized carbons (Fsp3) is 0.138. The molecule has 0 aliphatic carbocycles. The number of carbonyl (C=O) groups excluding carboxylic acids is 1. The van der Waals surface area contributed by atoms with Crippen molar-refractivity contribution in [3.63, 3.8) is 0 Å². The lowest BCUT2D eigenvalue weighted by Crippen LogP contribution is -2.30.